The van der Waals surface area contributed by atoms with Gasteiger partial charge in [0.1, 0.15) is 6.10 Å². The Morgan fingerprint density at radius 3 is 2.79 bits per heavy atom. The maximum Gasteiger partial charge on any atom is 0.259 e. The van der Waals surface area contributed by atoms with E-state index in [0.29, 0.717) is 11.4 Å². The molecule has 1 aliphatic heterocycles. The van der Waals surface area contributed by atoms with Crippen LogP contribution in [0.25, 0.3) is 0 Å². The zero-order chi connectivity index (χ0) is 21.0. The molecule has 10 heteroatoms. The summed E-state index contributed by atoms with van der Waals surface area (Å²) < 4.78 is 5.59. The topological polar surface area (TPSA) is 96.9 Å². The van der Waals surface area contributed by atoms with Crippen LogP contribution in [0.5, 0.6) is 0 Å². The van der Waals surface area contributed by atoms with Gasteiger partial charge in [-0.1, -0.05) is 23.2 Å². The highest BCUT2D eigenvalue weighted by molar-refractivity contribution is 6.42. The van der Waals surface area contributed by atoms with Crippen LogP contribution in [0.3, 0.4) is 0 Å². The number of rotatable bonds is 5. The fourth-order valence-corrected chi connectivity index (χ4v) is 3.79. The van der Waals surface area contributed by atoms with Gasteiger partial charge in [0.15, 0.2) is 5.78 Å². The van der Waals surface area contributed by atoms with Gasteiger partial charge in [0.05, 0.1) is 40.6 Å². The predicted molar refractivity (Wildman–Crippen MR) is 110 cm³/mol. The van der Waals surface area contributed by atoms with Crippen LogP contribution in [-0.2, 0) is 14.3 Å². The summed E-state index contributed by atoms with van der Waals surface area (Å²) in [5.74, 6) is -1.44. The number of hydrogen-bond donors (Lipinski definition) is 2. The number of Topliss-reactive ketones (excluding diaryl/α,β-unsaturated/α-hetero) is 1. The molecule has 0 spiro atoms. The Balaban J connectivity index is 1.48. The lowest BCUT2D eigenvalue weighted by molar-refractivity contribution is -0.126. The first kappa shape index (κ1) is 21.6. The van der Waals surface area contributed by atoms with Gasteiger partial charge < -0.3 is 10.1 Å². The summed E-state index contributed by atoms with van der Waals surface area (Å²) in [5.41, 5.74) is 2.78. The van der Waals surface area contributed by atoms with E-state index in [1.165, 1.54) is 30.7 Å². The molecule has 0 aromatic heterocycles. The average molecular weight is 459 g/mol. The fraction of sp³-hybridized carbons (Fsp3) is 0.368. The number of nitrogens with zero attached hydrogens (tertiary/aromatic N) is 1. The van der Waals surface area contributed by atoms with E-state index in [4.69, 9.17) is 39.5 Å². The summed E-state index contributed by atoms with van der Waals surface area (Å²) in [6.45, 7) is -0.307. The number of fused-ring (bicyclic) bond motifs is 1. The number of alkyl halides is 1. The standard InChI is InChI=1S/C19H18Cl3N3O4/c20-12-2-4-16-13(6-12)18(27)11(9-29-16)7-24-25-17(26)8-23-19(28)10-1-3-14(21)15(22)5-10/h1,3,5,7,9,12-13,16H,2,4,6,8H2,(H,23,28)(H,25,26)/b24-7+. The third-order valence-corrected chi connectivity index (χ3v) is 5.83. The third kappa shape index (κ3) is 5.50. The number of ketones is 1. The van der Waals surface area contributed by atoms with Gasteiger partial charge in [-0.3, -0.25) is 14.4 Å². The zero-order valence-electron chi connectivity index (χ0n) is 15.2. The quantitative estimate of drug-likeness (QED) is 0.402. The molecular formula is C19H18Cl3N3O4. The summed E-state index contributed by atoms with van der Waals surface area (Å²) in [4.78, 5) is 36.4. The Kier molecular flexibility index (Phi) is 7.16. The molecule has 2 aliphatic rings. The number of carbonyl (C=O) groups excluding carboxylic acids is 3. The first-order chi connectivity index (χ1) is 13.8. The van der Waals surface area contributed by atoms with Gasteiger partial charge in [-0.15, -0.1) is 11.6 Å². The summed E-state index contributed by atoms with van der Waals surface area (Å²) in [7, 11) is 0. The average Bonchev–Trinajstić information content (AvgIpc) is 2.70. The van der Waals surface area contributed by atoms with E-state index in [-0.39, 0.29) is 45.9 Å². The van der Waals surface area contributed by atoms with Gasteiger partial charge in [-0.25, -0.2) is 5.43 Å². The molecule has 0 radical (unpaired) electrons. The lowest BCUT2D eigenvalue weighted by Crippen LogP contribution is -2.40. The van der Waals surface area contributed by atoms with Crippen molar-refractivity contribution in [3.63, 3.8) is 0 Å². The largest absolute Gasteiger partial charge is 0.496 e. The molecule has 29 heavy (non-hydrogen) atoms. The number of nitrogens with one attached hydrogen (secondary N) is 2. The molecule has 0 bridgehead atoms. The van der Waals surface area contributed by atoms with E-state index >= 15 is 0 Å². The third-order valence-electron chi connectivity index (χ3n) is 4.70. The maximum absolute atomic E-state index is 12.5. The van der Waals surface area contributed by atoms with Gasteiger partial charge in [-0.05, 0) is 37.5 Å². The van der Waals surface area contributed by atoms with Crippen LogP contribution in [-0.4, -0.2) is 41.8 Å². The van der Waals surface area contributed by atoms with Crippen LogP contribution in [0.1, 0.15) is 29.6 Å². The molecule has 1 aromatic rings. The Bertz CT molecular complexity index is 887. The van der Waals surface area contributed by atoms with Crippen molar-refractivity contribution in [2.24, 2.45) is 11.0 Å². The van der Waals surface area contributed by atoms with E-state index in [1.54, 1.807) is 0 Å². The Morgan fingerprint density at radius 2 is 2.03 bits per heavy atom. The van der Waals surface area contributed by atoms with E-state index in [2.05, 4.69) is 15.8 Å². The fourth-order valence-electron chi connectivity index (χ4n) is 3.17. The normalized spacial score (nSPS) is 23.8. The first-order valence-corrected chi connectivity index (χ1v) is 10.1. The second-order valence-electron chi connectivity index (χ2n) is 6.73. The number of hydrogen-bond acceptors (Lipinski definition) is 5. The number of allylic oxidation sites excluding steroid dienone is 1. The van der Waals surface area contributed by atoms with Crippen LogP contribution < -0.4 is 10.7 Å². The molecule has 1 aliphatic carbocycles. The summed E-state index contributed by atoms with van der Waals surface area (Å²) in [5, 5.41) is 6.72. The number of hydrazone groups is 1. The van der Waals surface area contributed by atoms with Crippen molar-refractivity contribution in [2.75, 3.05) is 6.54 Å². The van der Waals surface area contributed by atoms with Crippen molar-refractivity contribution in [1.29, 1.82) is 0 Å². The molecular weight excluding hydrogens is 441 g/mol. The second kappa shape index (κ2) is 9.61. The molecule has 7 nitrogen and oxygen atoms in total. The highest BCUT2D eigenvalue weighted by Crippen LogP contribution is 2.34. The first-order valence-electron chi connectivity index (χ1n) is 8.94. The van der Waals surface area contributed by atoms with Gasteiger partial charge >= 0.3 is 0 Å². The van der Waals surface area contributed by atoms with Gasteiger partial charge in [0.2, 0.25) is 0 Å². The van der Waals surface area contributed by atoms with Crippen LogP contribution in [0, 0.1) is 5.92 Å². The molecule has 3 rings (SSSR count). The Hall–Kier alpha value is -2.09. The van der Waals surface area contributed by atoms with Crippen molar-refractivity contribution >= 4 is 58.6 Å². The van der Waals surface area contributed by atoms with E-state index in [9.17, 15) is 14.4 Å². The smallest absolute Gasteiger partial charge is 0.259 e. The van der Waals surface area contributed by atoms with Crippen LogP contribution >= 0.6 is 34.8 Å². The van der Waals surface area contributed by atoms with Crippen LogP contribution in [0.2, 0.25) is 10.0 Å². The molecule has 0 saturated heterocycles. The Labute approximate surface area is 182 Å². The molecule has 2 N–H and O–H groups in total. The van der Waals surface area contributed by atoms with Crippen molar-refractivity contribution in [3.05, 3.63) is 45.6 Å². The molecule has 1 saturated carbocycles. The van der Waals surface area contributed by atoms with E-state index in [0.717, 1.165) is 12.8 Å². The van der Waals surface area contributed by atoms with Gasteiger partial charge in [0.25, 0.3) is 11.8 Å². The molecule has 1 aromatic carbocycles. The molecule has 1 heterocycles. The highest BCUT2D eigenvalue weighted by Gasteiger charge is 2.39. The van der Waals surface area contributed by atoms with Crippen molar-refractivity contribution in [2.45, 2.75) is 30.7 Å². The molecule has 154 valence electrons. The minimum absolute atomic E-state index is 0.0427. The minimum Gasteiger partial charge on any atom is -0.496 e. The summed E-state index contributed by atoms with van der Waals surface area (Å²) in [6.07, 6.45) is 4.55. The summed E-state index contributed by atoms with van der Waals surface area (Å²) in [6, 6.07) is 4.38. The lowest BCUT2D eigenvalue weighted by Gasteiger charge is -2.35. The maximum atomic E-state index is 12.5. The van der Waals surface area contributed by atoms with Gasteiger partial charge in [-0.2, -0.15) is 5.10 Å². The minimum atomic E-state index is -0.559. The monoisotopic (exact) mass is 457 g/mol. The van der Waals surface area contributed by atoms with Crippen LogP contribution in [0.15, 0.2) is 35.1 Å². The van der Waals surface area contributed by atoms with Crippen molar-refractivity contribution in [3.8, 4) is 0 Å². The molecule has 1 fully saturated rings. The lowest BCUT2D eigenvalue weighted by atomic mass is 9.80. The summed E-state index contributed by atoms with van der Waals surface area (Å²) >= 11 is 17.8. The predicted octanol–water partition coefficient (Wildman–Crippen LogP) is 3.08. The second-order valence-corrected chi connectivity index (χ2v) is 8.17. The number of carbonyl (C=O) groups is 3. The molecule has 2 amide bonds. The van der Waals surface area contributed by atoms with Gasteiger partial charge in [0, 0.05) is 10.9 Å². The van der Waals surface area contributed by atoms with Crippen molar-refractivity contribution in [1.82, 2.24) is 10.7 Å². The SMILES string of the molecule is O=C(CNC(=O)c1ccc(Cl)c(Cl)c1)N/N=C/C1=COC2CCC(Cl)CC2C1=O. The molecule has 3 unspecified atom stereocenters. The number of ether oxygens (including phenoxy) is 1. The van der Waals surface area contributed by atoms with E-state index in [1.807, 2.05) is 0 Å². The number of halogens is 3. The highest BCUT2D eigenvalue weighted by atomic mass is 35.5. The van der Waals surface area contributed by atoms with E-state index < -0.39 is 11.8 Å². The van der Waals surface area contributed by atoms with Crippen LogP contribution in [0.4, 0.5) is 0 Å². The number of benzene rings is 1. The molecule has 3 atom stereocenters. The zero-order valence-corrected chi connectivity index (χ0v) is 17.4. The number of amides is 2. The van der Waals surface area contributed by atoms with Crippen molar-refractivity contribution < 1.29 is 19.1 Å². The Morgan fingerprint density at radius 1 is 1.24 bits per heavy atom.